The predicted octanol–water partition coefficient (Wildman–Crippen LogP) is 4.37. The highest BCUT2D eigenvalue weighted by molar-refractivity contribution is 6.05. The van der Waals surface area contributed by atoms with Crippen LogP contribution in [-0.2, 0) is 20.7 Å². The Labute approximate surface area is 144 Å². The maximum Gasteiger partial charge on any atom is 0.328 e. The Kier molecular flexibility index (Phi) is 6.03. The van der Waals surface area contributed by atoms with Gasteiger partial charge in [-0.1, -0.05) is 69.9 Å². The predicted molar refractivity (Wildman–Crippen MR) is 92.7 cm³/mol. The maximum atomic E-state index is 12.3. The van der Waals surface area contributed by atoms with E-state index in [1.165, 1.54) is 0 Å². The van der Waals surface area contributed by atoms with Crippen LogP contribution >= 0.6 is 0 Å². The Morgan fingerprint density at radius 3 is 2.25 bits per heavy atom. The first-order chi connectivity index (χ1) is 11.5. The van der Waals surface area contributed by atoms with Crippen molar-refractivity contribution < 1.29 is 19.4 Å². The number of carbonyl (C=O) groups excluding carboxylic acids is 1. The number of carboxylic acids is 1. The number of hydrogen-bond acceptors (Lipinski definition) is 3. The van der Waals surface area contributed by atoms with Crippen molar-refractivity contribution in [1.29, 1.82) is 0 Å². The second-order valence-electron chi connectivity index (χ2n) is 6.82. The van der Waals surface area contributed by atoms with Crippen molar-refractivity contribution in [1.82, 2.24) is 0 Å². The highest BCUT2D eigenvalue weighted by Crippen LogP contribution is 2.54. The Morgan fingerprint density at radius 2 is 1.71 bits per heavy atom. The lowest BCUT2D eigenvalue weighted by molar-refractivity contribution is -0.250. The van der Waals surface area contributed by atoms with Crippen molar-refractivity contribution in [3.8, 4) is 0 Å². The molecule has 4 heteroatoms. The van der Waals surface area contributed by atoms with E-state index in [-0.39, 0.29) is 0 Å². The van der Waals surface area contributed by atoms with Gasteiger partial charge in [0.05, 0.1) is 0 Å². The molecule has 2 unspecified atom stereocenters. The second kappa shape index (κ2) is 7.82. The van der Waals surface area contributed by atoms with Crippen molar-refractivity contribution in [2.24, 2.45) is 5.41 Å². The van der Waals surface area contributed by atoms with E-state index in [9.17, 15) is 14.7 Å². The molecule has 0 aromatic heterocycles. The first-order valence-corrected chi connectivity index (χ1v) is 9.03. The summed E-state index contributed by atoms with van der Waals surface area (Å²) in [4.78, 5) is 24.5. The molecule has 1 aliphatic heterocycles. The summed E-state index contributed by atoms with van der Waals surface area (Å²) in [5, 5.41) is 9.95. The Morgan fingerprint density at radius 1 is 1.04 bits per heavy atom. The van der Waals surface area contributed by atoms with E-state index in [0.29, 0.717) is 25.7 Å². The molecule has 0 aliphatic carbocycles. The summed E-state index contributed by atoms with van der Waals surface area (Å²) in [6.07, 6.45) is 5.94. The van der Waals surface area contributed by atoms with E-state index in [1.807, 2.05) is 37.3 Å². The summed E-state index contributed by atoms with van der Waals surface area (Å²) in [5.74, 6) is -1.59. The highest BCUT2D eigenvalue weighted by atomic mass is 16.6. The van der Waals surface area contributed by atoms with E-state index in [2.05, 4.69) is 6.92 Å². The summed E-state index contributed by atoms with van der Waals surface area (Å²) in [7, 11) is 0. The minimum absolute atomic E-state index is 0.358. The van der Waals surface area contributed by atoms with Gasteiger partial charge in [0.1, 0.15) is 5.60 Å². The number of carbonyl (C=O) groups is 2. The zero-order valence-electron chi connectivity index (χ0n) is 14.7. The maximum absolute atomic E-state index is 12.3. The minimum Gasteiger partial charge on any atom is -0.480 e. The van der Waals surface area contributed by atoms with Crippen LogP contribution < -0.4 is 0 Å². The zero-order chi connectivity index (χ0) is 17.6. The number of hydrogen-bond donors (Lipinski definition) is 1. The van der Waals surface area contributed by atoms with Gasteiger partial charge in [-0.3, -0.25) is 9.59 Å². The molecule has 2 atom stereocenters. The van der Waals surface area contributed by atoms with Crippen molar-refractivity contribution in [3.05, 3.63) is 35.9 Å². The molecule has 0 bridgehead atoms. The van der Waals surface area contributed by atoms with Crippen LogP contribution in [0.2, 0.25) is 0 Å². The Hall–Kier alpha value is -1.84. The number of cyclic esters (lactones) is 1. The first-order valence-electron chi connectivity index (χ1n) is 9.03. The van der Waals surface area contributed by atoms with Crippen LogP contribution in [0, 0.1) is 5.41 Å². The summed E-state index contributed by atoms with van der Waals surface area (Å²) >= 11 is 0. The molecule has 1 fully saturated rings. The normalized spacial score (nSPS) is 25.8. The molecule has 0 saturated carbocycles. The van der Waals surface area contributed by atoms with E-state index in [0.717, 1.165) is 31.2 Å². The lowest BCUT2D eigenvalue weighted by Crippen LogP contribution is -2.71. The lowest BCUT2D eigenvalue weighted by atomic mass is 9.60. The third-order valence-corrected chi connectivity index (χ3v) is 5.20. The molecule has 24 heavy (non-hydrogen) atoms. The van der Waals surface area contributed by atoms with Gasteiger partial charge in [-0.2, -0.15) is 0 Å². The number of rotatable bonds is 10. The number of benzene rings is 1. The van der Waals surface area contributed by atoms with Gasteiger partial charge < -0.3 is 9.84 Å². The van der Waals surface area contributed by atoms with Gasteiger partial charge in [-0.15, -0.1) is 0 Å². The summed E-state index contributed by atoms with van der Waals surface area (Å²) in [6.45, 7) is 4.12. The molecule has 2 rings (SSSR count). The van der Waals surface area contributed by atoms with E-state index in [1.54, 1.807) is 0 Å². The van der Waals surface area contributed by atoms with Gasteiger partial charge in [0.15, 0.2) is 0 Å². The smallest absolute Gasteiger partial charge is 0.328 e. The molecule has 0 radical (unpaired) electrons. The highest BCUT2D eigenvalue weighted by Gasteiger charge is 2.72. The van der Waals surface area contributed by atoms with Gasteiger partial charge in [0, 0.05) is 6.42 Å². The zero-order valence-corrected chi connectivity index (χ0v) is 14.7. The van der Waals surface area contributed by atoms with Gasteiger partial charge in [0.25, 0.3) is 0 Å². The van der Waals surface area contributed by atoms with Gasteiger partial charge >= 0.3 is 11.9 Å². The molecule has 1 aromatic rings. The molecule has 4 nitrogen and oxygen atoms in total. The molecular weight excluding hydrogens is 304 g/mol. The number of carboxylic acid groups (broad SMARTS) is 1. The van der Waals surface area contributed by atoms with Crippen molar-refractivity contribution in [2.45, 2.75) is 70.8 Å². The van der Waals surface area contributed by atoms with Crippen LogP contribution in [0.1, 0.15) is 64.4 Å². The largest absolute Gasteiger partial charge is 0.480 e. The number of unbranched alkanes of at least 4 members (excludes halogenated alkanes) is 3. The fourth-order valence-corrected chi connectivity index (χ4v) is 3.78. The monoisotopic (exact) mass is 332 g/mol. The van der Waals surface area contributed by atoms with Crippen LogP contribution in [0.25, 0.3) is 0 Å². The molecule has 0 amide bonds. The summed E-state index contributed by atoms with van der Waals surface area (Å²) in [5.41, 5.74) is -1.29. The van der Waals surface area contributed by atoms with Crippen LogP contribution in [0.15, 0.2) is 30.3 Å². The van der Waals surface area contributed by atoms with E-state index < -0.39 is 23.0 Å². The number of ether oxygens (including phenoxy) is 1. The fraction of sp³-hybridized carbons (Fsp3) is 0.600. The van der Waals surface area contributed by atoms with E-state index >= 15 is 0 Å². The first kappa shape index (κ1) is 18.5. The number of esters is 1. The minimum atomic E-state index is -1.40. The average molecular weight is 332 g/mol. The van der Waals surface area contributed by atoms with Crippen LogP contribution in [0.4, 0.5) is 0 Å². The van der Waals surface area contributed by atoms with Crippen LogP contribution in [0.5, 0.6) is 0 Å². The second-order valence-corrected chi connectivity index (χ2v) is 6.82. The topological polar surface area (TPSA) is 63.6 Å². The van der Waals surface area contributed by atoms with Crippen LogP contribution in [-0.4, -0.2) is 22.6 Å². The standard InChI is InChI=1S/C20H28O4/c1-3-5-10-13-19(15-16-11-8-7-9-12-16)20(17(21)22,14-6-4-2)18(23)24-19/h7-9,11-12H,3-6,10,13-15H2,1-2H3,(H,21,22). The average Bonchev–Trinajstić information content (AvgIpc) is 2.56. The lowest BCUT2D eigenvalue weighted by Gasteiger charge is -2.54. The van der Waals surface area contributed by atoms with Crippen molar-refractivity contribution in [3.63, 3.8) is 0 Å². The quantitative estimate of drug-likeness (QED) is 0.393. The van der Waals surface area contributed by atoms with Crippen LogP contribution in [0.3, 0.4) is 0 Å². The molecule has 1 heterocycles. The Bertz CT molecular complexity index is 558. The Balaban J connectivity index is 2.35. The molecular formula is C20H28O4. The van der Waals surface area contributed by atoms with Crippen molar-refractivity contribution >= 4 is 11.9 Å². The molecule has 1 aliphatic rings. The fourth-order valence-electron chi connectivity index (χ4n) is 3.78. The summed E-state index contributed by atoms with van der Waals surface area (Å²) < 4.78 is 5.63. The molecule has 1 N–H and O–H groups in total. The SMILES string of the molecule is CCCCCC1(Cc2ccccc2)OC(=O)C1(CCCC)C(=O)O. The summed E-state index contributed by atoms with van der Waals surface area (Å²) in [6, 6.07) is 9.75. The van der Waals surface area contributed by atoms with Gasteiger partial charge in [-0.05, 0) is 24.8 Å². The molecule has 0 spiro atoms. The third-order valence-electron chi connectivity index (χ3n) is 5.20. The third kappa shape index (κ3) is 3.19. The molecule has 132 valence electrons. The molecule has 1 saturated heterocycles. The van der Waals surface area contributed by atoms with Crippen molar-refractivity contribution in [2.75, 3.05) is 0 Å². The number of aliphatic carboxylic acids is 1. The molecule has 1 aromatic carbocycles. The van der Waals surface area contributed by atoms with Gasteiger partial charge in [0.2, 0.25) is 5.41 Å². The van der Waals surface area contributed by atoms with Gasteiger partial charge in [-0.25, -0.2) is 0 Å². The van der Waals surface area contributed by atoms with E-state index in [4.69, 9.17) is 4.74 Å².